The van der Waals surface area contributed by atoms with Crippen molar-refractivity contribution in [2.75, 3.05) is 0 Å². The van der Waals surface area contributed by atoms with Crippen molar-refractivity contribution in [2.24, 2.45) is 11.1 Å². The second-order valence-corrected chi connectivity index (χ2v) is 6.80. The first kappa shape index (κ1) is 9.30. The number of rotatable bonds is 1. The Balaban J connectivity index is 2.20. The number of nitrogens with one attached hydrogen (secondary N) is 1. The summed E-state index contributed by atoms with van der Waals surface area (Å²) in [6, 6.07) is 0. The molecule has 0 saturated carbocycles. The van der Waals surface area contributed by atoms with Crippen LogP contribution in [-0.2, 0) is 9.92 Å². The van der Waals surface area contributed by atoms with E-state index in [0.29, 0.717) is 5.92 Å². The summed E-state index contributed by atoms with van der Waals surface area (Å²) in [4.78, 5) is 1.25. The topological polar surface area (TPSA) is 66.9 Å². The van der Waals surface area contributed by atoms with Crippen LogP contribution in [0.4, 0.5) is 0 Å². The maximum Gasteiger partial charge on any atom is 0.115 e. The third kappa shape index (κ3) is 1.82. The average Bonchev–Trinajstić information content (AvgIpc) is 2.45. The summed E-state index contributed by atoms with van der Waals surface area (Å²) in [5.41, 5.74) is 0. The number of thioether (sulfide) groups is 1. The zero-order chi connectivity index (χ0) is 9.47. The lowest BCUT2D eigenvalue weighted by atomic mass is 9.98. The molecule has 3 N–H and O–H groups in total. The molecule has 1 fully saturated rings. The van der Waals surface area contributed by atoms with E-state index in [9.17, 15) is 4.21 Å². The molecular weight excluding hydrogens is 204 g/mol. The SMILES string of the molecule is N=S(N)(=O)C1CC2CC=CC=C2S1. The van der Waals surface area contributed by atoms with Crippen LogP contribution in [0.25, 0.3) is 0 Å². The first-order chi connectivity index (χ1) is 6.07. The Bertz CT molecular complexity index is 370. The number of hydrogen-bond acceptors (Lipinski definition) is 3. The van der Waals surface area contributed by atoms with Gasteiger partial charge in [-0.05, 0) is 23.7 Å². The summed E-state index contributed by atoms with van der Waals surface area (Å²) >= 11 is 1.52. The van der Waals surface area contributed by atoms with Crippen molar-refractivity contribution in [3.63, 3.8) is 0 Å². The highest BCUT2D eigenvalue weighted by Crippen LogP contribution is 2.46. The van der Waals surface area contributed by atoms with Gasteiger partial charge in [-0.3, -0.25) is 0 Å². The van der Waals surface area contributed by atoms with Crippen LogP contribution in [-0.4, -0.2) is 8.79 Å². The zero-order valence-corrected chi connectivity index (χ0v) is 8.74. The Hall–Kier alpha value is -0.260. The van der Waals surface area contributed by atoms with E-state index >= 15 is 0 Å². The molecule has 0 radical (unpaired) electrons. The summed E-state index contributed by atoms with van der Waals surface area (Å²) < 4.78 is 18.4. The minimum absolute atomic E-state index is 0.205. The molecule has 13 heavy (non-hydrogen) atoms. The third-order valence-corrected chi connectivity index (χ3v) is 5.67. The van der Waals surface area contributed by atoms with Crippen molar-refractivity contribution in [2.45, 2.75) is 17.4 Å². The molecule has 1 saturated heterocycles. The van der Waals surface area contributed by atoms with E-state index in [-0.39, 0.29) is 4.58 Å². The van der Waals surface area contributed by atoms with E-state index in [1.54, 1.807) is 0 Å². The van der Waals surface area contributed by atoms with E-state index in [0.717, 1.165) is 12.8 Å². The van der Waals surface area contributed by atoms with E-state index < -0.39 is 9.92 Å². The van der Waals surface area contributed by atoms with Gasteiger partial charge in [0.15, 0.2) is 0 Å². The van der Waals surface area contributed by atoms with Crippen LogP contribution in [0.3, 0.4) is 0 Å². The first-order valence-corrected chi connectivity index (χ1v) is 6.72. The molecule has 0 amide bonds. The molecular formula is C8H12N2OS2. The van der Waals surface area contributed by atoms with Gasteiger partial charge in [0.1, 0.15) is 14.5 Å². The Morgan fingerprint density at radius 1 is 1.69 bits per heavy atom. The summed E-state index contributed by atoms with van der Waals surface area (Å²) in [5, 5.41) is 5.32. The normalized spacial score (nSPS) is 36.5. The lowest BCUT2D eigenvalue weighted by molar-refractivity contribution is 0.620. The first-order valence-electron chi connectivity index (χ1n) is 4.16. The fourth-order valence-electron chi connectivity index (χ4n) is 1.65. The number of nitrogens with two attached hydrogens (primary N) is 1. The maximum absolute atomic E-state index is 11.3. The van der Waals surface area contributed by atoms with Crippen molar-refractivity contribution in [1.29, 1.82) is 4.78 Å². The van der Waals surface area contributed by atoms with Crippen LogP contribution in [0.15, 0.2) is 23.1 Å². The van der Waals surface area contributed by atoms with E-state index in [1.165, 1.54) is 16.7 Å². The van der Waals surface area contributed by atoms with Gasteiger partial charge >= 0.3 is 0 Å². The van der Waals surface area contributed by atoms with Gasteiger partial charge in [-0.15, -0.1) is 11.8 Å². The second-order valence-electron chi connectivity index (χ2n) is 3.36. The molecule has 2 aliphatic rings. The molecule has 2 rings (SSSR count). The molecule has 1 aliphatic carbocycles. The molecule has 0 aromatic rings. The Kier molecular flexibility index (Phi) is 2.25. The Morgan fingerprint density at radius 3 is 3.08 bits per heavy atom. The van der Waals surface area contributed by atoms with Crippen molar-refractivity contribution in [3.05, 3.63) is 23.1 Å². The van der Waals surface area contributed by atoms with Gasteiger partial charge in [-0.25, -0.2) is 14.1 Å². The number of fused-ring (bicyclic) bond motifs is 1. The van der Waals surface area contributed by atoms with Crippen molar-refractivity contribution in [1.82, 2.24) is 0 Å². The quantitative estimate of drug-likeness (QED) is 0.702. The van der Waals surface area contributed by atoms with Crippen LogP contribution in [0.5, 0.6) is 0 Å². The molecule has 5 heteroatoms. The highest BCUT2D eigenvalue weighted by Gasteiger charge is 2.34. The van der Waals surface area contributed by atoms with Gasteiger partial charge in [0.05, 0.1) is 0 Å². The lowest BCUT2D eigenvalue weighted by Gasteiger charge is -2.09. The Labute approximate surface area is 82.6 Å². The molecule has 0 aromatic heterocycles. The predicted octanol–water partition coefficient (Wildman–Crippen LogP) is 1.83. The average molecular weight is 216 g/mol. The molecule has 0 spiro atoms. The van der Waals surface area contributed by atoms with E-state index in [2.05, 4.69) is 6.08 Å². The van der Waals surface area contributed by atoms with Crippen molar-refractivity contribution < 1.29 is 4.21 Å². The van der Waals surface area contributed by atoms with E-state index in [1.807, 2.05) is 12.2 Å². The smallest absolute Gasteiger partial charge is 0.115 e. The molecule has 3 nitrogen and oxygen atoms in total. The summed E-state index contributed by atoms with van der Waals surface area (Å²) in [7, 11) is -2.87. The highest BCUT2D eigenvalue weighted by atomic mass is 32.3. The molecule has 1 heterocycles. The largest absolute Gasteiger partial charge is 0.244 e. The number of hydrogen-bond donors (Lipinski definition) is 2. The summed E-state index contributed by atoms with van der Waals surface area (Å²) in [6.45, 7) is 0. The standard InChI is InChI=1S/C8H12N2OS2/c9-13(10,11)8-5-6-3-1-2-4-7(6)12-8/h1-2,4,6,8H,3,5H2,(H3,9,10,11). The monoisotopic (exact) mass is 216 g/mol. The molecule has 1 aliphatic heterocycles. The minimum atomic E-state index is -2.87. The van der Waals surface area contributed by atoms with Crippen LogP contribution in [0, 0.1) is 10.7 Å². The Morgan fingerprint density at radius 2 is 2.46 bits per heavy atom. The molecule has 3 atom stereocenters. The van der Waals surface area contributed by atoms with Gasteiger partial charge in [-0.1, -0.05) is 18.2 Å². The summed E-state index contributed by atoms with van der Waals surface area (Å²) in [5.74, 6) is 0.467. The molecule has 0 bridgehead atoms. The fraction of sp³-hybridized carbons (Fsp3) is 0.500. The molecule has 3 unspecified atom stereocenters. The zero-order valence-electron chi connectivity index (χ0n) is 7.10. The van der Waals surface area contributed by atoms with Crippen molar-refractivity contribution in [3.8, 4) is 0 Å². The van der Waals surface area contributed by atoms with Crippen LogP contribution < -0.4 is 5.14 Å². The third-order valence-electron chi connectivity index (χ3n) is 2.35. The van der Waals surface area contributed by atoms with Gasteiger partial charge in [-0.2, -0.15) is 0 Å². The van der Waals surface area contributed by atoms with Gasteiger partial charge in [0, 0.05) is 0 Å². The molecule has 0 aromatic carbocycles. The maximum atomic E-state index is 11.3. The van der Waals surface area contributed by atoms with Gasteiger partial charge in [0.25, 0.3) is 0 Å². The second kappa shape index (κ2) is 3.15. The predicted molar refractivity (Wildman–Crippen MR) is 56.4 cm³/mol. The molecule has 72 valence electrons. The van der Waals surface area contributed by atoms with Crippen LogP contribution >= 0.6 is 11.8 Å². The fourth-order valence-corrected chi connectivity index (χ4v) is 4.25. The van der Waals surface area contributed by atoms with E-state index in [4.69, 9.17) is 9.92 Å². The van der Waals surface area contributed by atoms with Crippen molar-refractivity contribution >= 4 is 21.7 Å². The summed E-state index contributed by atoms with van der Waals surface area (Å²) in [6.07, 6.45) is 7.97. The van der Waals surface area contributed by atoms with Crippen LogP contribution in [0.2, 0.25) is 0 Å². The van der Waals surface area contributed by atoms with Gasteiger partial charge in [0.2, 0.25) is 0 Å². The lowest BCUT2D eigenvalue weighted by Crippen LogP contribution is -2.22. The van der Waals surface area contributed by atoms with Crippen LogP contribution in [0.1, 0.15) is 12.8 Å². The minimum Gasteiger partial charge on any atom is -0.244 e. The number of allylic oxidation sites excluding steroid dienone is 4. The highest BCUT2D eigenvalue weighted by molar-refractivity contribution is 8.15. The van der Waals surface area contributed by atoms with Gasteiger partial charge < -0.3 is 0 Å².